The highest BCUT2D eigenvalue weighted by molar-refractivity contribution is 9.09. The summed E-state index contributed by atoms with van der Waals surface area (Å²) in [5.41, 5.74) is -0.506. The number of esters is 1. The molecule has 1 aromatic carbocycles. The van der Waals surface area contributed by atoms with E-state index in [1.807, 2.05) is 37.3 Å². The van der Waals surface area contributed by atoms with Crippen LogP contribution in [0.5, 0.6) is 0 Å². The average Bonchev–Trinajstić information content (AvgIpc) is 3.65. The van der Waals surface area contributed by atoms with Crippen LogP contribution in [0.1, 0.15) is 70.4 Å². The van der Waals surface area contributed by atoms with E-state index in [1.54, 1.807) is 17.1 Å². The highest BCUT2D eigenvalue weighted by atomic mass is 79.9. The Hall–Kier alpha value is -3.02. The van der Waals surface area contributed by atoms with Crippen LogP contribution in [0.2, 0.25) is 0 Å². The molecule has 46 heavy (non-hydrogen) atoms. The average molecular weight is 703 g/mol. The predicted molar refractivity (Wildman–Crippen MR) is 178 cm³/mol. The van der Waals surface area contributed by atoms with Gasteiger partial charge in [-0.05, 0) is 31.2 Å². The zero-order chi connectivity index (χ0) is 33.4. The summed E-state index contributed by atoms with van der Waals surface area (Å²) in [6.07, 6.45) is 6.86. The largest absolute Gasteiger partial charge is 0.463 e. The molecule has 3 heterocycles. The SMILES string of the molecule is C=CCCC(=O)OC[C@H](NC(=O)[C@@H]1[C@H]2O[C@@]3(CC2Br)[C@H](C(=O)N(CC=C)CCCCC)N([C@@H](CC)CO)C(=O)[C@@H]13)c1ccccc1. The minimum atomic E-state index is -1.25. The van der Waals surface area contributed by atoms with Crippen LogP contribution in [-0.2, 0) is 28.7 Å². The second-order valence-electron chi connectivity index (χ2n) is 12.4. The monoisotopic (exact) mass is 701 g/mol. The Morgan fingerprint density at radius 1 is 1.22 bits per heavy atom. The molecule has 3 amide bonds. The molecule has 3 fully saturated rings. The summed E-state index contributed by atoms with van der Waals surface area (Å²) in [6.45, 7) is 11.9. The normalized spacial score (nSPS) is 27.5. The number of carbonyl (C=O) groups is 4. The number of rotatable bonds is 18. The Labute approximate surface area is 280 Å². The zero-order valence-corrected chi connectivity index (χ0v) is 28.5. The molecule has 0 aromatic heterocycles. The summed E-state index contributed by atoms with van der Waals surface area (Å²) in [7, 11) is 0. The van der Waals surface area contributed by atoms with Crippen molar-refractivity contribution in [3.63, 3.8) is 0 Å². The Bertz CT molecular complexity index is 1260. The molecule has 0 aliphatic carbocycles. The number of nitrogens with one attached hydrogen (secondary N) is 1. The number of aliphatic hydroxyl groups excluding tert-OH is 1. The van der Waals surface area contributed by atoms with Gasteiger partial charge in [-0.3, -0.25) is 19.2 Å². The van der Waals surface area contributed by atoms with Gasteiger partial charge in [0.1, 0.15) is 18.2 Å². The molecule has 1 aromatic rings. The molecule has 11 heteroatoms. The van der Waals surface area contributed by atoms with E-state index < -0.39 is 53.5 Å². The van der Waals surface area contributed by atoms with Gasteiger partial charge < -0.3 is 29.7 Å². The van der Waals surface area contributed by atoms with E-state index in [0.717, 1.165) is 24.8 Å². The van der Waals surface area contributed by atoms with E-state index >= 15 is 0 Å². The number of allylic oxidation sites excluding steroid dienone is 1. The van der Waals surface area contributed by atoms with Crippen LogP contribution >= 0.6 is 15.9 Å². The second-order valence-corrected chi connectivity index (χ2v) is 13.6. The van der Waals surface area contributed by atoms with Crippen LogP contribution in [0.25, 0.3) is 0 Å². The van der Waals surface area contributed by atoms with Gasteiger partial charge in [0.05, 0.1) is 36.6 Å². The number of hydrogen-bond acceptors (Lipinski definition) is 7. The number of benzene rings is 1. The van der Waals surface area contributed by atoms with E-state index in [4.69, 9.17) is 9.47 Å². The number of unbranched alkanes of at least 4 members (excludes halogenated alkanes) is 2. The van der Waals surface area contributed by atoms with Gasteiger partial charge in [-0.15, -0.1) is 13.2 Å². The van der Waals surface area contributed by atoms with Crippen LogP contribution in [0.4, 0.5) is 0 Å². The summed E-state index contributed by atoms with van der Waals surface area (Å²) in [6, 6.07) is 6.92. The third kappa shape index (κ3) is 7.11. The molecule has 3 saturated heterocycles. The topological polar surface area (TPSA) is 125 Å². The van der Waals surface area contributed by atoms with E-state index in [1.165, 1.54) is 4.90 Å². The third-order valence-electron chi connectivity index (χ3n) is 9.51. The van der Waals surface area contributed by atoms with Crippen LogP contribution in [0, 0.1) is 11.8 Å². The molecular formula is C35H48BrN3O7. The van der Waals surface area contributed by atoms with Gasteiger partial charge in [-0.2, -0.15) is 0 Å². The van der Waals surface area contributed by atoms with Gasteiger partial charge in [-0.1, -0.05) is 85.1 Å². The number of amides is 3. The summed E-state index contributed by atoms with van der Waals surface area (Å²) in [5.74, 6) is -3.26. The molecule has 0 saturated carbocycles. The summed E-state index contributed by atoms with van der Waals surface area (Å²) in [5, 5.41) is 13.4. The Morgan fingerprint density at radius 3 is 2.59 bits per heavy atom. The Kier molecular flexibility index (Phi) is 12.6. The molecule has 4 rings (SSSR count). The smallest absolute Gasteiger partial charge is 0.306 e. The molecule has 8 atom stereocenters. The van der Waals surface area contributed by atoms with Gasteiger partial charge in [0, 0.05) is 24.3 Å². The Balaban J connectivity index is 1.67. The van der Waals surface area contributed by atoms with Crippen LogP contribution in [0.3, 0.4) is 0 Å². The fraction of sp³-hybridized carbons (Fsp3) is 0.600. The predicted octanol–water partition coefficient (Wildman–Crippen LogP) is 4.08. The molecule has 0 radical (unpaired) electrons. The fourth-order valence-corrected chi connectivity index (χ4v) is 8.21. The van der Waals surface area contributed by atoms with Gasteiger partial charge >= 0.3 is 5.97 Å². The van der Waals surface area contributed by atoms with Crippen LogP contribution in [0.15, 0.2) is 55.6 Å². The van der Waals surface area contributed by atoms with Crippen molar-refractivity contribution < 1.29 is 33.8 Å². The third-order valence-corrected chi connectivity index (χ3v) is 10.4. The lowest BCUT2D eigenvalue weighted by Gasteiger charge is -2.39. The molecule has 1 spiro atoms. The zero-order valence-electron chi connectivity index (χ0n) is 26.9. The number of aliphatic hydroxyl groups is 1. The standard InChI is InChI=1S/C35H48BrN3O7/c1-5-9-14-19-38(18-7-3)34(44)31-35-20-25(36)30(46-35)28(29(35)33(43)39(31)24(8-4)21-40)32(42)37-26(23-15-12-11-13-16-23)22-45-27(41)17-10-6-2/h6-7,11-13,15-16,24-26,28-31,40H,2-3,5,8-10,14,17-22H2,1,4H3,(H,37,42)/t24-,25?,26-,28-,29+,30-,31-,35+/m0/s1. The maximum Gasteiger partial charge on any atom is 0.306 e. The highest BCUT2D eigenvalue weighted by Gasteiger charge is 2.77. The van der Waals surface area contributed by atoms with Gasteiger partial charge in [0.2, 0.25) is 17.7 Å². The van der Waals surface area contributed by atoms with Crippen LogP contribution in [-0.4, -0.2) is 93.5 Å². The van der Waals surface area contributed by atoms with Crippen molar-refractivity contribution in [2.75, 3.05) is 26.3 Å². The molecule has 1 unspecified atom stereocenters. The number of halogens is 1. The van der Waals surface area contributed by atoms with Gasteiger partial charge in [0.15, 0.2) is 0 Å². The first kappa shape index (κ1) is 35.8. The van der Waals surface area contributed by atoms with Crippen molar-refractivity contribution in [3.05, 3.63) is 61.2 Å². The van der Waals surface area contributed by atoms with Gasteiger partial charge in [-0.25, -0.2) is 0 Å². The van der Waals surface area contributed by atoms with E-state index in [9.17, 15) is 24.3 Å². The Morgan fingerprint density at radius 2 is 1.96 bits per heavy atom. The number of fused-ring (bicyclic) bond motifs is 1. The van der Waals surface area contributed by atoms with Crippen molar-refractivity contribution in [1.29, 1.82) is 0 Å². The molecule has 3 aliphatic heterocycles. The molecule has 10 nitrogen and oxygen atoms in total. The number of carbonyl (C=O) groups excluding carboxylic acids is 4. The molecule has 3 aliphatic rings. The van der Waals surface area contributed by atoms with Gasteiger partial charge in [0.25, 0.3) is 0 Å². The second kappa shape index (κ2) is 16.2. The number of alkyl halides is 1. The lowest BCUT2D eigenvalue weighted by Crippen LogP contribution is -2.59. The van der Waals surface area contributed by atoms with E-state index in [0.29, 0.717) is 32.4 Å². The first-order valence-electron chi connectivity index (χ1n) is 16.4. The first-order valence-corrected chi connectivity index (χ1v) is 17.4. The maximum absolute atomic E-state index is 14.5. The minimum absolute atomic E-state index is 0.0879. The molecule has 252 valence electrons. The lowest BCUT2D eigenvalue weighted by molar-refractivity contribution is -0.151. The van der Waals surface area contributed by atoms with Crippen LogP contribution < -0.4 is 5.32 Å². The fourth-order valence-electron chi connectivity index (χ4n) is 7.27. The van der Waals surface area contributed by atoms with Crippen molar-refractivity contribution >= 4 is 39.6 Å². The maximum atomic E-state index is 14.5. The van der Waals surface area contributed by atoms with E-state index in [-0.39, 0.29) is 36.3 Å². The number of likely N-dealkylation sites (tertiary alicyclic amines) is 1. The molecule has 2 bridgehead atoms. The number of hydrogen-bond donors (Lipinski definition) is 2. The first-order chi connectivity index (χ1) is 22.2. The number of ether oxygens (including phenoxy) is 2. The van der Waals surface area contributed by atoms with E-state index in [2.05, 4.69) is 41.3 Å². The molecular weight excluding hydrogens is 654 g/mol. The summed E-state index contributed by atoms with van der Waals surface area (Å²) >= 11 is 3.72. The quantitative estimate of drug-likeness (QED) is 0.102. The molecule has 2 N–H and O–H groups in total. The minimum Gasteiger partial charge on any atom is -0.463 e. The lowest BCUT2D eigenvalue weighted by atomic mass is 9.70. The summed E-state index contributed by atoms with van der Waals surface area (Å²) in [4.78, 5) is 58.5. The highest BCUT2D eigenvalue weighted by Crippen LogP contribution is 2.60. The number of nitrogens with zero attached hydrogens (tertiary/aromatic N) is 2. The van der Waals surface area contributed by atoms with Crippen molar-refractivity contribution in [2.45, 2.75) is 93.5 Å². The van der Waals surface area contributed by atoms with Crippen molar-refractivity contribution in [1.82, 2.24) is 15.1 Å². The van der Waals surface area contributed by atoms with Crippen molar-refractivity contribution in [3.8, 4) is 0 Å². The summed E-state index contributed by atoms with van der Waals surface area (Å²) < 4.78 is 12.2. The van der Waals surface area contributed by atoms with Crippen molar-refractivity contribution in [2.24, 2.45) is 11.8 Å².